The van der Waals surface area contributed by atoms with Crippen LogP contribution in [-0.2, 0) is 0 Å². The Labute approximate surface area is 119 Å². The third-order valence-corrected chi connectivity index (χ3v) is 3.80. The molecule has 1 fully saturated rings. The van der Waals surface area contributed by atoms with Crippen LogP contribution < -0.4 is 4.90 Å². The van der Waals surface area contributed by atoms with Gasteiger partial charge in [-0.2, -0.15) is 0 Å². The van der Waals surface area contributed by atoms with Crippen LogP contribution in [0.3, 0.4) is 0 Å². The fraction of sp³-hybridized carbons (Fsp3) is 0.600. The standard InChI is InChI=1S/C15H23FN2O2/c1-12(20)13-3-4-15(14(16)11-13)18-6-2-5-17(7-8-18)9-10-19/h3-4,11-12,19-20H,2,5-10H2,1H3/t12-/m0/s1. The minimum atomic E-state index is -0.650. The molecule has 1 aromatic carbocycles. The van der Waals surface area contributed by atoms with E-state index in [9.17, 15) is 9.50 Å². The SMILES string of the molecule is C[C@H](O)c1ccc(N2CCCN(CCO)CC2)c(F)c1. The van der Waals surface area contributed by atoms with Crippen molar-refractivity contribution in [2.45, 2.75) is 19.4 Å². The summed E-state index contributed by atoms with van der Waals surface area (Å²) in [5.41, 5.74) is 1.20. The monoisotopic (exact) mass is 282 g/mol. The van der Waals surface area contributed by atoms with Gasteiger partial charge in [-0.25, -0.2) is 4.39 Å². The number of aliphatic hydroxyl groups excluding tert-OH is 2. The topological polar surface area (TPSA) is 46.9 Å². The van der Waals surface area contributed by atoms with Crippen LogP contribution in [-0.4, -0.2) is 54.4 Å². The van der Waals surface area contributed by atoms with Crippen molar-refractivity contribution in [2.75, 3.05) is 44.2 Å². The van der Waals surface area contributed by atoms with Crippen molar-refractivity contribution in [3.8, 4) is 0 Å². The van der Waals surface area contributed by atoms with Crippen LogP contribution in [0, 0.1) is 5.82 Å². The smallest absolute Gasteiger partial charge is 0.146 e. The van der Waals surface area contributed by atoms with Gasteiger partial charge in [0.25, 0.3) is 0 Å². The molecule has 0 aliphatic carbocycles. The summed E-state index contributed by atoms with van der Waals surface area (Å²) in [4.78, 5) is 4.24. The highest BCUT2D eigenvalue weighted by molar-refractivity contribution is 5.49. The fourth-order valence-corrected chi connectivity index (χ4v) is 2.62. The first-order valence-corrected chi connectivity index (χ1v) is 7.17. The molecule has 1 aromatic rings. The normalized spacial score (nSPS) is 18.9. The zero-order valence-corrected chi connectivity index (χ0v) is 11.9. The van der Waals surface area contributed by atoms with E-state index in [4.69, 9.17) is 5.11 Å². The molecule has 2 N–H and O–H groups in total. The number of halogens is 1. The highest BCUT2D eigenvalue weighted by Crippen LogP contribution is 2.24. The number of hydrogen-bond donors (Lipinski definition) is 2. The summed E-state index contributed by atoms with van der Waals surface area (Å²) in [6.07, 6.45) is 0.306. The van der Waals surface area contributed by atoms with Crippen molar-refractivity contribution in [3.05, 3.63) is 29.6 Å². The van der Waals surface area contributed by atoms with Crippen LogP contribution in [0.5, 0.6) is 0 Å². The maximum Gasteiger partial charge on any atom is 0.146 e. The van der Waals surface area contributed by atoms with E-state index in [1.165, 1.54) is 6.07 Å². The van der Waals surface area contributed by atoms with E-state index in [2.05, 4.69) is 4.90 Å². The van der Waals surface area contributed by atoms with Crippen molar-refractivity contribution in [3.63, 3.8) is 0 Å². The van der Waals surface area contributed by atoms with Crippen LogP contribution in [0.4, 0.5) is 10.1 Å². The third-order valence-electron chi connectivity index (χ3n) is 3.80. The number of anilines is 1. The van der Waals surface area contributed by atoms with Crippen molar-refractivity contribution >= 4 is 5.69 Å². The molecule has 0 amide bonds. The van der Waals surface area contributed by atoms with Crippen molar-refractivity contribution in [1.82, 2.24) is 4.90 Å². The van der Waals surface area contributed by atoms with Gasteiger partial charge in [0.1, 0.15) is 5.82 Å². The Kier molecular flexibility index (Phi) is 5.34. The second-order valence-electron chi connectivity index (χ2n) is 5.29. The van der Waals surface area contributed by atoms with E-state index in [1.807, 2.05) is 4.90 Å². The van der Waals surface area contributed by atoms with Crippen molar-refractivity contribution in [1.29, 1.82) is 0 Å². The van der Waals surface area contributed by atoms with E-state index in [1.54, 1.807) is 19.1 Å². The highest BCUT2D eigenvalue weighted by Gasteiger charge is 2.18. The molecule has 1 aliphatic heterocycles. The van der Waals surface area contributed by atoms with Gasteiger partial charge in [0.2, 0.25) is 0 Å². The second kappa shape index (κ2) is 7.02. The molecule has 0 bridgehead atoms. The number of β-amino-alcohol motifs (C(OH)–C–C–N with tert-alkyl or cyclic N) is 1. The first-order chi connectivity index (χ1) is 9.61. The molecule has 20 heavy (non-hydrogen) atoms. The molecule has 1 saturated heterocycles. The summed E-state index contributed by atoms with van der Waals surface area (Å²) < 4.78 is 14.2. The third kappa shape index (κ3) is 3.69. The first-order valence-electron chi connectivity index (χ1n) is 7.17. The molecule has 0 radical (unpaired) electrons. The maximum absolute atomic E-state index is 14.2. The van der Waals surface area contributed by atoms with Gasteiger partial charge in [-0.05, 0) is 37.6 Å². The van der Waals surface area contributed by atoms with E-state index >= 15 is 0 Å². The van der Waals surface area contributed by atoms with Crippen molar-refractivity contribution in [2.24, 2.45) is 0 Å². The maximum atomic E-state index is 14.2. The Balaban J connectivity index is 2.07. The van der Waals surface area contributed by atoms with Gasteiger partial charge in [-0.3, -0.25) is 4.90 Å². The van der Waals surface area contributed by atoms with Crippen molar-refractivity contribution < 1.29 is 14.6 Å². The van der Waals surface area contributed by atoms with Gasteiger partial charge in [0, 0.05) is 26.2 Å². The molecule has 0 saturated carbocycles. The number of aliphatic hydroxyl groups is 2. The van der Waals surface area contributed by atoms with Gasteiger partial charge in [-0.15, -0.1) is 0 Å². The van der Waals surface area contributed by atoms with Gasteiger partial charge in [0.15, 0.2) is 0 Å². The number of rotatable bonds is 4. The zero-order chi connectivity index (χ0) is 14.5. The Morgan fingerprint density at radius 1 is 1.25 bits per heavy atom. The summed E-state index contributed by atoms with van der Waals surface area (Å²) in [6.45, 7) is 5.81. The predicted molar refractivity (Wildman–Crippen MR) is 77.4 cm³/mol. The number of benzene rings is 1. The summed E-state index contributed by atoms with van der Waals surface area (Å²) >= 11 is 0. The predicted octanol–water partition coefficient (Wildman–Crippen LogP) is 1.38. The van der Waals surface area contributed by atoms with Gasteiger partial charge < -0.3 is 15.1 Å². The molecule has 1 aliphatic rings. The van der Waals surface area contributed by atoms with E-state index in [-0.39, 0.29) is 12.4 Å². The lowest BCUT2D eigenvalue weighted by Crippen LogP contribution is -2.32. The molecule has 112 valence electrons. The van der Waals surface area contributed by atoms with E-state index in [0.717, 1.165) is 32.6 Å². The first kappa shape index (κ1) is 15.2. The average Bonchev–Trinajstić information content (AvgIpc) is 2.65. The largest absolute Gasteiger partial charge is 0.395 e. The quantitative estimate of drug-likeness (QED) is 0.876. The van der Waals surface area contributed by atoms with E-state index < -0.39 is 6.10 Å². The van der Waals surface area contributed by atoms with Crippen LogP contribution in [0.2, 0.25) is 0 Å². The summed E-state index contributed by atoms with van der Waals surface area (Å²) in [5, 5.41) is 18.5. The molecular weight excluding hydrogens is 259 g/mol. The summed E-state index contributed by atoms with van der Waals surface area (Å²) in [7, 11) is 0. The van der Waals surface area contributed by atoms with Crippen LogP contribution in [0.25, 0.3) is 0 Å². The summed E-state index contributed by atoms with van der Waals surface area (Å²) in [6, 6.07) is 4.94. The van der Waals surface area contributed by atoms with Gasteiger partial charge in [0.05, 0.1) is 18.4 Å². The Morgan fingerprint density at radius 2 is 2.05 bits per heavy atom. The van der Waals surface area contributed by atoms with Crippen LogP contribution >= 0.6 is 0 Å². The summed E-state index contributed by atoms with van der Waals surface area (Å²) in [5.74, 6) is -0.279. The minimum absolute atomic E-state index is 0.164. The van der Waals surface area contributed by atoms with Gasteiger partial charge in [-0.1, -0.05) is 6.07 Å². The van der Waals surface area contributed by atoms with Crippen LogP contribution in [0.1, 0.15) is 25.0 Å². The lowest BCUT2D eigenvalue weighted by Gasteiger charge is -2.24. The highest BCUT2D eigenvalue weighted by atomic mass is 19.1. The Bertz CT molecular complexity index is 440. The molecule has 0 aromatic heterocycles. The molecule has 2 rings (SSSR count). The molecule has 1 heterocycles. The lowest BCUT2D eigenvalue weighted by molar-refractivity contribution is 0.199. The molecule has 0 unspecified atom stereocenters. The number of nitrogens with zero attached hydrogens (tertiary/aromatic N) is 2. The second-order valence-corrected chi connectivity index (χ2v) is 5.29. The zero-order valence-electron chi connectivity index (χ0n) is 11.9. The molecule has 4 nitrogen and oxygen atoms in total. The van der Waals surface area contributed by atoms with Gasteiger partial charge >= 0.3 is 0 Å². The Hall–Kier alpha value is -1.17. The molecular formula is C15H23FN2O2. The molecule has 5 heteroatoms. The van der Waals surface area contributed by atoms with E-state index in [0.29, 0.717) is 17.8 Å². The molecule has 1 atom stereocenters. The molecule has 0 spiro atoms. The average molecular weight is 282 g/mol. The number of hydrogen-bond acceptors (Lipinski definition) is 4. The van der Waals surface area contributed by atoms with Crippen LogP contribution in [0.15, 0.2) is 18.2 Å². The lowest BCUT2D eigenvalue weighted by atomic mass is 10.1. The fourth-order valence-electron chi connectivity index (χ4n) is 2.62. The minimum Gasteiger partial charge on any atom is -0.395 e. The Morgan fingerprint density at radius 3 is 2.70 bits per heavy atom.